The van der Waals surface area contributed by atoms with Crippen LogP contribution in [0.25, 0.3) is 0 Å². The van der Waals surface area contributed by atoms with Crippen molar-refractivity contribution in [2.75, 3.05) is 20.6 Å². The van der Waals surface area contributed by atoms with Crippen molar-refractivity contribution in [3.63, 3.8) is 0 Å². The molecule has 4 nitrogen and oxygen atoms in total. The Labute approximate surface area is 185 Å². The first kappa shape index (κ1) is 24.7. The number of amides is 2. The quantitative estimate of drug-likeness (QED) is 0.420. The van der Waals surface area contributed by atoms with Crippen LogP contribution in [-0.2, 0) is 12.0 Å². The summed E-state index contributed by atoms with van der Waals surface area (Å²) in [6.07, 6.45) is 10.7. The van der Waals surface area contributed by atoms with Gasteiger partial charge in [-0.05, 0) is 49.8 Å². The number of hydrogen-bond donors (Lipinski definition) is 2. The molecule has 2 amide bonds. The summed E-state index contributed by atoms with van der Waals surface area (Å²) in [6.45, 7) is 8.94. The van der Waals surface area contributed by atoms with Crippen molar-refractivity contribution in [2.24, 2.45) is 5.92 Å². The molecule has 2 rings (SSSR count). The number of urea groups is 1. The Kier molecular flexibility index (Phi) is 10.2. The zero-order chi connectivity index (χ0) is 22.0. The fourth-order valence-corrected chi connectivity index (χ4v) is 5.70. The van der Waals surface area contributed by atoms with Gasteiger partial charge in [-0.15, -0.1) is 0 Å². The molecule has 0 fully saturated rings. The maximum atomic E-state index is 12.2. The normalized spacial score (nSPS) is 21.0. The van der Waals surface area contributed by atoms with Crippen LogP contribution in [0.5, 0.6) is 0 Å². The molecule has 0 aliphatic carbocycles. The highest BCUT2D eigenvalue weighted by atomic mass is 16.2. The zero-order valence-corrected chi connectivity index (χ0v) is 20.1. The van der Waals surface area contributed by atoms with Crippen LogP contribution in [0.15, 0.2) is 24.3 Å². The van der Waals surface area contributed by atoms with Gasteiger partial charge in [-0.1, -0.05) is 77.1 Å². The van der Waals surface area contributed by atoms with E-state index in [9.17, 15) is 4.79 Å². The van der Waals surface area contributed by atoms with Gasteiger partial charge >= 0.3 is 6.03 Å². The first-order chi connectivity index (χ1) is 14.5. The second-order valence-corrected chi connectivity index (χ2v) is 9.38. The summed E-state index contributed by atoms with van der Waals surface area (Å²) in [4.78, 5) is 14.7. The molecule has 2 N–H and O–H groups in total. The highest BCUT2D eigenvalue weighted by Gasteiger charge is 2.45. The maximum absolute atomic E-state index is 12.2. The molecule has 1 heterocycles. The minimum absolute atomic E-state index is 0.0564. The van der Waals surface area contributed by atoms with E-state index >= 15 is 0 Å². The number of benzene rings is 1. The first-order valence-electron chi connectivity index (χ1n) is 12.3. The highest BCUT2D eigenvalue weighted by molar-refractivity contribution is 5.73. The lowest BCUT2D eigenvalue weighted by molar-refractivity contribution is 0.112. The molecule has 1 aromatic carbocycles. The predicted molar refractivity (Wildman–Crippen MR) is 128 cm³/mol. The van der Waals surface area contributed by atoms with E-state index in [4.69, 9.17) is 0 Å². The van der Waals surface area contributed by atoms with Gasteiger partial charge < -0.3 is 15.5 Å². The molecule has 1 aromatic rings. The van der Waals surface area contributed by atoms with E-state index in [1.54, 1.807) is 7.05 Å². The Balaban J connectivity index is 2.49. The van der Waals surface area contributed by atoms with Crippen molar-refractivity contribution >= 4 is 6.03 Å². The third-order valence-electron chi connectivity index (χ3n) is 6.93. The Morgan fingerprint density at radius 1 is 1.07 bits per heavy atom. The van der Waals surface area contributed by atoms with Crippen molar-refractivity contribution in [3.05, 3.63) is 35.4 Å². The lowest BCUT2D eigenvalue weighted by Gasteiger charge is -2.50. The molecule has 0 saturated carbocycles. The van der Waals surface area contributed by atoms with Gasteiger partial charge in [0.1, 0.15) is 0 Å². The first-order valence-corrected chi connectivity index (χ1v) is 12.3. The second-order valence-electron chi connectivity index (χ2n) is 9.38. The minimum atomic E-state index is -0.0564. The molecule has 3 atom stereocenters. The van der Waals surface area contributed by atoms with E-state index in [1.165, 1.54) is 49.7 Å². The summed E-state index contributed by atoms with van der Waals surface area (Å²) in [5, 5.41) is 6.05. The number of nitrogens with zero attached hydrogens (tertiary/aromatic N) is 1. The van der Waals surface area contributed by atoms with Crippen LogP contribution in [0, 0.1) is 5.92 Å². The van der Waals surface area contributed by atoms with E-state index < -0.39 is 0 Å². The molecule has 170 valence electrons. The lowest BCUT2D eigenvalue weighted by atomic mass is 9.61. The smallest absolute Gasteiger partial charge is 0.314 e. The molecule has 0 radical (unpaired) electrons. The summed E-state index contributed by atoms with van der Waals surface area (Å²) in [5.74, 6) is 0.642. The topological polar surface area (TPSA) is 44.4 Å². The molecule has 30 heavy (non-hydrogen) atoms. The summed E-state index contributed by atoms with van der Waals surface area (Å²) >= 11 is 0. The van der Waals surface area contributed by atoms with Crippen molar-refractivity contribution in [3.8, 4) is 0 Å². The molecule has 0 aromatic heterocycles. The van der Waals surface area contributed by atoms with E-state index in [-0.39, 0.29) is 17.5 Å². The fourth-order valence-electron chi connectivity index (χ4n) is 5.70. The summed E-state index contributed by atoms with van der Waals surface area (Å²) < 4.78 is 0. The van der Waals surface area contributed by atoms with E-state index in [2.05, 4.69) is 67.6 Å². The average molecular weight is 416 g/mol. The maximum Gasteiger partial charge on any atom is 0.314 e. The Morgan fingerprint density at radius 3 is 2.47 bits per heavy atom. The molecule has 4 heteroatoms. The SMILES string of the molecule is CCCCCC(CCC)C1(C[C@H](CCC)NC(=O)NC)CN(C)Cc2ccccc21. The monoisotopic (exact) mass is 415 g/mol. The van der Waals surface area contributed by atoms with Crippen LogP contribution in [-0.4, -0.2) is 37.6 Å². The predicted octanol–water partition coefficient (Wildman–Crippen LogP) is 5.85. The van der Waals surface area contributed by atoms with Gasteiger partial charge in [0.2, 0.25) is 0 Å². The van der Waals surface area contributed by atoms with Gasteiger partial charge in [-0.3, -0.25) is 0 Å². The number of unbranched alkanes of at least 4 members (excludes halogenated alkanes) is 2. The zero-order valence-electron chi connectivity index (χ0n) is 20.1. The number of rotatable bonds is 12. The van der Waals surface area contributed by atoms with Gasteiger partial charge in [0.15, 0.2) is 0 Å². The molecule has 1 aliphatic rings. The van der Waals surface area contributed by atoms with E-state index in [0.717, 1.165) is 32.4 Å². The summed E-state index contributed by atoms with van der Waals surface area (Å²) in [5.41, 5.74) is 3.10. The van der Waals surface area contributed by atoms with Crippen LogP contribution in [0.3, 0.4) is 0 Å². The highest BCUT2D eigenvalue weighted by Crippen LogP contribution is 2.47. The van der Waals surface area contributed by atoms with Crippen molar-refractivity contribution in [1.82, 2.24) is 15.5 Å². The van der Waals surface area contributed by atoms with Crippen LogP contribution < -0.4 is 10.6 Å². The molecule has 2 unspecified atom stereocenters. The van der Waals surface area contributed by atoms with Crippen LogP contribution >= 0.6 is 0 Å². The minimum Gasteiger partial charge on any atom is -0.341 e. The van der Waals surface area contributed by atoms with Crippen LogP contribution in [0.4, 0.5) is 4.79 Å². The van der Waals surface area contributed by atoms with E-state index in [0.29, 0.717) is 5.92 Å². The number of likely N-dealkylation sites (N-methyl/N-ethyl adjacent to an activating group) is 1. The van der Waals surface area contributed by atoms with Crippen molar-refractivity contribution < 1.29 is 4.79 Å². The summed E-state index contributed by atoms with van der Waals surface area (Å²) in [7, 11) is 3.98. The largest absolute Gasteiger partial charge is 0.341 e. The van der Waals surface area contributed by atoms with Gasteiger partial charge in [-0.25, -0.2) is 4.79 Å². The van der Waals surface area contributed by atoms with E-state index in [1.807, 2.05) is 0 Å². The summed E-state index contributed by atoms with van der Waals surface area (Å²) in [6, 6.07) is 9.23. The Hall–Kier alpha value is -1.55. The molecule has 0 spiro atoms. The lowest BCUT2D eigenvalue weighted by Crippen LogP contribution is -2.53. The Morgan fingerprint density at radius 2 is 1.80 bits per heavy atom. The third-order valence-corrected chi connectivity index (χ3v) is 6.93. The van der Waals surface area contributed by atoms with Crippen LogP contribution in [0.2, 0.25) is 0 Å². The number of nitrogens with one attached hydrogen (secondary N) is 2. The average Bonchev–Trinajstić information content (AvgIpc) is 2.73. The number of carbonyl (C=O) groups is 1. The number of fused-ring (bicyclic) bond motifs is 1. The standard InChI is InChI=1S/C26H45N3O/c1-6-9-10-16-22(13-7-2)26(18-23(14-8-3)28-25(30)27-4)20-29(5)19-21-15-11-12-17-24(21)26/h11-12,15,17,22-23H,6-10,13-14,16,18-20H2,1-5H3,(H2,27,28,30)/t22?,23-,26?/m0/s1. The van der Waals surface area contributed by atoms with Gasteiger partial charge in [0, 0.05) is 31.6 Å². The molecular weight excluding hydrogens is 370 g/mol. The van der Waals surface area contributed by atoms with Crippen molar-refractivity contribution in [1.29, 1.82) is 0 Å². The molecule has 0 saturated heterocycles. The van der Waals surface area contributed by atoms with Crippen LogP contribution in [0.1, 0.15) is 89.7 Å². The van der Waals surface area contributed by atoms with Gasteiger partial charge in [0.25, 0.3) is 0 Å². The van der Waals surface area contributed by atoms with Gasteiger partial charge in [-0.2, -0.15) is 0 Å². The second kappa shape index (κ2) is 12.3. The molecular formula is C26H45N3O. The fraction of sp³-hybridized carbons (Fsp3) is 0.731. The number of hydrogen-bond acceptors (Lipinski definition) is 2. The number of carbonyl (C=O) groups excluding carboxylic acids is 1. The molecule has 0 bridgehead atoms. The Bertz CT molecular complexity index is 647. The molecule has 1 aliphatic heterocycles. The van der Waals surface area contributed by atoms with Crippen molar-refractivity contribution in [2.45, 2.75) is 96.6 Å². The van der Waals surface area contributed by atoms with Gasteiger partial charge in [0.05, 0.1) is 0 Å². The third kappa shape index (κ3) is 6.23.